The number of nitrogens with zero attached hydrogens (tertiary/aromatic N) is 2. The Labute approximate surface area is 176 Å². The lowest BCUT2D eigenvalue weighted by molar-refractivity contribution is -0.384. The number of carbonyl (C=O) groups excluding carboxylic acids is 1. The van der Waals surface area contributed by atoms with E-state index in [1.807, 2.05) is 31.2 Å². The summed E-state index contributed by atoms with van der Waals surface area (Å²) in [6.45, 7) is 1.93. The monoisotopic (exact) mass is 422 g/mol. The maximum absolute atomic E-state index is 12.9. The van der Waals surface area contributed by atoms with Crippen LogP contribution >= 0.6 is 24.0 Å². The minimum atomic E-state index is -0.454. The molecule has 0 spiro atoms. The van der Waals surface area contributed by atoms with Crippen LogP contribution in [0.15, 0.2) is 70.0 Å². The molecule has 29 heavy (non-hydrogen) atoms. The number of hydrogen-bond donors (Lipinski definition) is 0. The van der Waals surface area contributed by atoms with E-state index >= 15 is 0 Å². The van der Waals surface area contributed by atoms with Crippen LogP contribution in [0.1, 0.15) is 11.3 Å². The first-order chi connectivity index (χ1) is 13.9. The van der Waals surface area contributed by atoms with Gasteiger partial charge in [0.1, 0.15) is 11.5 Å². The number of non-ortho nitro benzene ring substituents is 1. The van der Waals surface area contributed by atoms with Crippen molar-refractivity contribution in [2.75, 3.05) is 4.90 Å². The summed E-state index contributed by atoms with van der Waals surface area (Å²) in [5.74, 6) is 0.744. The van der Waals surface area contributed by atoms with E-state index in [0.29, 0.717) is 26.3 Å². The molecule has 8 heteroatoms. The number of benzene rings is 2. The summed E-state index contributed by atoms with van der Waals surface area (Å²) in [4.78, 5) is 25.4. The van der Waals surface area contributed by atoms with E-state index in [-0.39, 0.29) is 11.6 Å². The number of aryl methyl sites for hydroxylation is 1. The normalized spacial score (nSPS) is 15.3. The molecule has 3 aromatic rings. The van der Waals surface area contributed by atoms with Gasteiger partial charge >= 0.3 is 0 Å². The summed E-state index contributed by atoms with van der Waals surface area (Å²) in [6.07, 6.45) is 1.64. The van der Waals surface area contributed by atoms with Crippen molar-refractivity contribution in [2.45, 2.75) is 6.92 Å². The van der Waals surface area contributed by atoms with Crippen LogP contribution in [-0.4, -0.2) is 15.2 Å². The molecule has 0 aliphatic carbocycles. The largest absolute Gasteiger partial charge is 0.457 e. The van der Waals surface area contributed by atoms with E-state index < -0.39 is 4.92 Å². The van der Waals surface area contributed by atoms with Gasteiger partial charge in [0.05, 0.1) is 15.5 Å². The second-order valence-electron chi connectivity index (χ2n) is 6.31. The Morgan fingerprint density at radius 1 is 1.14 bits per heavy atom. The quantitative estimate of drug-likeness (QED) is 0.237. The van der Waals surface area contributed by atoms with Gasteiger partial charge in [-0.15, -0.1) is 0 Å². The fraction of sp³-hybridized carbons (Fsp3) is 0.0476. The highest BCUT2D eigenvalue weighted by Gasteiger charge is 2.34. The number of nitro benzene ring substituents is 1. The van der Waals surface area contributed by atoms with Crippen molar-refractivity contribution < 1.29 is 14.1 Å². The molecule has 6 nitrogen and oxygen atoms in total. The molecule has 1 fully saturated rings. The first-order valence-corrected chi connectivity index (χ1v) is 9.85. The standard InChI is InChI=1S/C21H14N2O4S2/c1-13-5-2-3-8-17(13)22-20(24)19(29-21(22)28)12-16-9-10-18(27-16)14-6-4-7-15(11-14)23(25)26/h2-12H,1H3/b19-12-. The minimum Gasteiger partial charge on any atom is -0.457 e. The molecular formula is C21H14N2O4S2. The van der Waals surface area contributed by atoms with Crippen molar-refractivity contribution >= 4 is 51.7 Å². The summed E-state index contributed by atoms with van der Waals surface area (Å²) in [7, 11) is 0. The van der Waals surface area contributed by atoms with Crippen LogP contribution in [0, 0.1) is 17.0 Å². The molecule has 2 aromatic carbocycles. The Hall–Kier alpha value is -3.23. The van der Waals surface area contributed by atoms with Crippen LogP contribution in [0.4, 0.5) is 11.4 Å². The predicted octanol–water partition coefficient (Wildman–Crippen LogP) is 5.57. The fourth-order valence-corrected chi connectivity index (χ4v) is 4.24. The van der Waals surface area contributed by atoms with Gasteiger partial charge in [0, 0.05) is 23.8 Å². The van der Waals surface area contributed by atoms with Gasteiger partial charge in [0.15, 0.2) is 4.32 Å². The predicted molar refractivity (Wildman–Crippen MR) is 118 cm³/mol. The molecule has 0 unspecified atom stereocenters. The molecule has 0 N–H and O–H groups in total. The van der Waals surface area contributed by atoms with Crippen LogP contribution in [0.3, 0.4) is 0 Å². The number of rotatable bonds is 4. The average Bonchev–Trinajstić information content (AvgIpc) is 3.28. The average molecular weight is 422 g/mol. The minimum absolute atomic E-state index is 0.0143. The molecule has 1 amide bonds. The SMILES string of the molecule is Cc1ccccc1N1C(=O)/C(=C/c2ccc(-c3cccc([N+](=O)[O-])c3)o2)SC1=S. The van der Waals surface area contributed by atoms with Crippen LogP contribution in [0.2, 0.25) is 0 Å². The van der Waals surface area contributed by atoms with Crippen molar-refractivity contribution in [2.24, 2.45) is 0 Å². The number of anilines is 1. The second-order valence-corrected chi connectivity index (χ2v) is 7.99. The lowest BCUT2D eigenvalue weighted by Crippen LogP contribution is -2.28. The van der Waals surface area contributed by atoms with E-state index in [4.69, 9.17) is 16.6 Å². The summed E-state index contributed by atoms with van der Waals surface area (Å²) >= 11 is 6.62. The van der Waals surface area contributed by atoms with Crippen molar-refractivity contribution in [1.82, 2.24) is 0 Å². The van der Waals surface area contributed by atoms with Gasteiger partial charge in [0.2, 0.25) is 0 Å². The van der Waals surface area contributed by atoms with Gasteiger partial charge < -0.3 is 4.42 Å². The van der Waals surface area contributed by atoms with Crippen molar-refractivity contribution in [1.29, 1.82) is 0 Å². The maximum Gasteiger partial charge on any atom is 0.270 e. The highest BCUT2D eigenvalue weighted by molar-refractivity contribution is 8.27. The topological polar surface area (TPSA) is 76.6 Å². The maximum atomic E-state index is 12.9. The van der Waals surface area contributed by atoms with Crippen LogP contribution in [-0.2, 0) is 4.79 Å². The summed E-state index contributed by atoms with van der Waals surface area (Å²) in [6, 6.07) is 17.2. The molecular weight excluding hydrogens is 408 g/mol. The molecule has 0 atom stereocenters. The molecule has 0 bridgehead atoms. The smallest absolute Gasteiger partial charge is 0.270 e. The molecule has 4 rings (SSSR count). The second kappa shape index (κ2) is 7.65. The number of carbonyl (C=O) groups is 1. The molecule has 1 aliphatic rings. The first kappa shape index (κ1) is 19.1. The highest BCUT2D eigenvalue weighted by atomic mass is 32.2. The van der Waals surface area contributed by atoms with E-state index in [9.17, 15) is 14.9 Å². The van der Waals surface area contributed by atoms with Gasteiger partial charge in [-0.1, -0.05) is 54.3 Å². The van der Waals surface area contributed by atoms with E-state index in [1.165, 1.54) is 28.8 Å². The van der Waals surface area contributed by atoms with Crippen molar-refractivity contribution in [3.63, 3.8) is 0 Å². The van der Waals surface area contributed by atoms with Crippen LogP contribution < -0.4 is 4.90 Å². The molecule has 144 valence electrons. The Bertz CT molecular complexity index is 1180. The Morgan fingerprint density at radius 2 is 1.93 bits per heavy atom. The molecule has 0 radical (unpaired) electrons. The Morgan fingerprint density at radius 3 is 2.69 bits per heavy atom. The number of thioether (sulfide) groups is 1. The number of nitro groups is 1. The number of furan rings is 1. The zero-order valence-corrected chi connectivity index (χ0v) is 16.8. The summed E-state index contributed by atoms with van der Waals surface area (Å²) in [5, 5.41) is 11.0. The molecule has 1 aromatic heterocycles. The highest BCUT2D eigenvalue weighted by Crippen LogP contribution is 2.37. The van der Waals surface area contributed by atoms with E-state index in [0.717, 1.165) is 11.3 Å². The van der Waals surface area contributed by atoms with Gasteiger partial charge in [-0.05, 0) is 30.7 Å². The van der Waals surface area contributed by atoms with Gasteiger partial charge in [-0.3, -0.25) is 19.8 Å². The lowest BCUT2D eigenvalue weighted by atomic mass is 10.1. The van der Waals surface area contributed by atoms with Gasteiger partial charge in [-0.25, -0.2) is 0 Å². The van der Waals surface area contributed by atoms with Gasteiger partial charge in [-0.2, -0.15) is 0 Å². The van der Waals surface area contributed by atoms with Crippen LogP contribution in [0.5, 0.6) is 0 Å². The van der Waals surface area contributed by atoms with E-state index in [1.54, 1.807) is 30.3 Å². The number of hydrogen-bond acceptors (Lipinski definition) is 6. The number of amides is 1. The van der Waals surface area contributed by atoms with Crippen molar-refractivity contribution in [3.05, 3.63) is 87.0 Å². The Balaban J connectivity index is 1.62. The molecule has 1 saturated heterocycles. The number of para-hydroxylation sites is 1. The first-order valence-electron chi connectivity index (χ1n) is 8.62. The zero-order chi connectivity index (χ0) is 20.5. The number of thiocarbonyl (C=S) groups is 1. The molecule has 0 saturated carbocycles. The lowest BCUT2D eigenvalue weighted by Gasteiger charge is -2.16. The van der Waals surface area contributed by atoms with E-state index in [2.05, 4.69) is 0 Å². The fourth-order valence-electron chi connectivity index (χ4n) is 2.98. The third-order valence-corrected chi connectivity index (χ3v) is 5.69. The van der Waals surface area contributed by atoms with Crippen LogP contribution in [0.25, 0.3) is 17.4 Å². The summed E-state index contributed by atoms with van der Waals surface area (Å²) in [5.41, 5.74) is 2.29. The van der Waals surface area contributed by atoms with Gasteiger partial charge in [0.25, 0.3) is 11.6 Å². The third-order valence-electron chi connectivity index (χ3n) is 4.39. The zero-order valence-electron chi connectivity index (χ0n) is 15.2. The van der Waals surface area contributed by atoms with Crippen molar-refractivity contribution in [3.8, 4) is 11.3 Å². The Kier molecular flexibility index (Phi) is 5.04. The third kappa shape index (κ3) is 3.72. The molecule has 1 aliphatic heterocycles. The summed E-state index contributed by atoms with van der Waals surface area (Å²) < 4.78 is 6.25. The molecule has 2 heterocycles.